The minimum Gasteiger partial charge on any atom is -0.340 e. The van der Waals surface area contributed by atoms with Crippen molar-refractivity contribution in [2.24, 2.45) is 0 Å². The average molecular weight is 304 g/mol. The molecule has 0 aromatic carbocycles. The third-order valence-electron chi connectivity index (χ3n) is 4.05. The molecule has 112 valence electrons. The van der Waals surface area contributed by atoms with Gasteiger partial charge in [0.25, 0.3) is 0 Å². The SMILES string of the molecule is Cc1csc(C2CCCN(C(=O)C(C)n3ccnc3)C2)n1. The summed E-state index contributed by atoms with van der Waals surface area (Å²) >= 11 is 1.71. The Hall–Kier alpha value is -1.69. The van der Waals surface area contributed by atoms with Crippen LogP contribution in [0.5, 0.6) is 0 Å². The topological polar surface area (TPSA) is 51.0 Å². The Morgan fingerprint density at radius 1 is 1.52 bits per heavy atom. The molecule has 1 aliphatic rings. The van der Waals surface area contributed by atoms with Crippen LogP contribution in [0.3, 0.4) is 0 Å². The number of carbonyl (C=O) groups excluding carboxylic acids is 1. The van der Waals surface area contributed by atoms with Crippen molar-refractivity contribution < 1.29 is 4.79 Å². The maximum Gasteiger partial charge on any atom is 0.245 e. The van der Waals surface area contributed by atoms with Gasteiger partial charge < -0.3 is 9.47 Å². The van der Waals surface area contributed by atoms with Crippen LogP contribution in [-0.2, 0) is 4.79 Å². The molecule has 1 aliphatic heterocycles. The lowest BCUT2D eigenvalue weighted by atomic mass is 9.98. The van der Waals surface area contributed by atoms with Crippen molar-refractivity contribution in [2.75, 3.05) is 13.1 Å². The number of thiazole rings is 1. The van der Waals surface area contributed by atoms with Crippen molar-refractivity contribution in [1.29, 1.82) is 0 Å². The van der Waals surface area contributed by atoms with Gasteiger partial charge in [-0.3, -0.25) is 4.79 Å². The standard InChI is InChI=1S/C15H20N4OS/c1-11-9-21-14(17-11)13-4-3-6-18(8-13)15(20)12(2)19-7-5-16-10-19/h5,7,9-10,12-13H,3-4,6,8H2,1-2H3. The number of imidazole rings is 1. The van der Waals surface area contributed by atoms with E-state index < -0.39 is 0 Å². The van der Waals surface area contributed by atoms with Crippen molar-refractivity contribution in [2.45, 2.75) is 38.6 Å². The molecule has 0 aliphatic carbocycles. The van der Waals surface area contributed by atoms with E-state index in [0.29, 0.717) is 5.92 Å². The van der Waals surface area contributed by atoms with Crippen molar-refractivity contribution in [1.82, 2.24) is 19.4 Å². The Morgan fingerprint density at radius 3 is 3.05 bits per heavy atom. The first-order valence-corrected chi connectivity index (χ1v) is 8.21. The van der Waals surface area contributed by atoms with Gasteiger partial charge in [-0.1, -0.05) is 0 Å². The highest BCUT2D eigenvalue weighted by Crippen LogP contribution is 2.30. The van der Waals surface area contributed by atoms with E-state index in [0.717, 1.165) is 31.6 Å². The first-order valence-electron chi connectivity index (χ1n) is 7.33. The predicted octanol–water partition coefficient (Wildman–Crippen LogP) is 2.62. The van der Waals surface area contributed by atoms with Gasteiger partial charge in [-0.15, -0.1) is 11.3 Å². The molecule has 1 fully saturated rings. The third-order valence-corrected chi connectivity index (χ3v) is 5.17. The monoisotopic (exact) mass is 304 g/mol. The van der Waals surface area contributed by atoms with Crippen molar-refractivity contribution in [3.63, 3.8) is 0 Å². The third kappa shape index (κ3) is 3.00. The van der Waals surface area contributed by atoms with Gasteiger partial charge in [0.15, 0.2) is 0 Å². The summed E-state index contributed by atoms with van der Waals surface area (Å²) in [4.78, 5) is 23.2. The number of carbonyl (C=O) groups is 1. The lowest BCUT2D eigenvalue weighted by Crippen LogP contribution is -2.42. The van der Waals surface area contributed by atoms with E-state index in [2.05, 4.69) is 15.3 Å². The van der Waals surface area contributed by atoms with Crippen LogP contribution in [0.25, 0.3) is 0 Å². The molecule has 1 saturated heterocycles. The molecule has 0 bridgehead atoms. The molecule has 21 heavy (non-hydrogen) atoms. The Morgan fingerprint density at radius 2 is 2.38 bits per heavy atom. The number of aryl methyl sites for hydroxylation is 1. The molecule has 0 saturated carbocycles. The summed E-state index contributed by atoms with van der Waals surface area (Å²) in [6.07, 6.45) is 7.42. The van der Waals surface area contributed by atoms with Gasteiger partial charge in [-0.25, -0.2) is 9.97 Å². The molecule has 2 aromatic heterocycles. The molecular weight excluding hydrogens is 284 g/mol. The fraction of sp³-hybridized carbons (Fsp3) is 0.533. The van der Waals surface area contributed by atoms with Gasteiger partial charge >= 0.3 is 0 Å². The fourth-order valence-electron chi connectivity index (χ4n) is 2.83. The second kappa shape index (κ2) is 5.97. The Bertz CT molecular complexity index is 607. The van der Waals surface area contributed by atoms with Gasteiger partial charge in [0.1, 0.15) is 6.04 Å². The van der Waals surface area contributed by atoms with Crippen LogP contribution >= 0.6 is 11.3 Å². The summed E-state index contributed by atoms with van der Waals surface area (Å²) < 4.78 is 1.86. The molecule has 3 rings (SSSR count). The zero-order valence-electron chi connectivity index (χ0n) is 12.4. The maximum absolute atomic E-state index is 12.6. The minimum atomic E-state index is -0.190. The largest absolute Gasteiger partial charge is 0.340 e. The Balaban J connectivity index is 1.69. The van der Waals surface area contributed by atoms with Crippen LogP contribution in [0, 0.1) is 6.92 Å². The summed E-state index contributed by atoms with van der Waals surface area (Å²) in [6.45, 7) is 5.58. The van der Waals surface area contributed by atoms with Gasteiger partial charge in [0, 0.05) is 42.5 Å². The number of hydrogen-bond acceptors (Lipinski definition) is 4. The van der Waals surface area contributed by atoms with Gasteiger partial charge in [0.2, 0.25) is 5.91 Å². The normalized spacial score (nSPS) is 20.5. The second-order valence-electron chi connectivity index (χ2n) is 5.64. The molecule has 0 N–H and O–H groups in total. The fourth-order valence-corrected chi connectivity index (χ4v) is 3.75. The molecule has 6 heteroatoms. The summed E-state index contributed by atoms with van der Waals surface area (Å²) in [7, 11) is 0. The van der Waals surface area contributed by atoms with Crippen molar-refractivity contribution in [3.05, 3.63) is 34.8 Å². The summed E-state index contributed by atoms with van der Waals surface area (Å²) in [5, 5.41) is 3.25. The molecule has 0 radical (unpaired) electrons. The first kappa shape index (κ1) is 14.3. The van der Waals surface area contributed by atoms with Crippen LogP contribution in [0.1, 0.15) is 42.4 Å². The lowest BCUT2D eigenvalue weighted by Gasteiger charge is -2.33. The Kier molecular flexibility index (Phi) is 4.05. The van der Waals surface area contributed by atoms with Crippen LogP contribution in [0.2, 0.25) is 0 Å². The number of piperidine rings is 1. The van der Waals surface area contributed by atoms with E-state index in [1.165, 1.54) is 5.01 Å². The minimum absolute atomic E-state index is 0.172. The molecule has 2 atom stereocenters. The summed E-state index contributed by atoms with van der Waals surface area (Å²) in [6, 6.07) is -0.190. The molecule has 3 heterocycles. The summed E-state index contributed by atoms with van der Waals surface area (Å²) in [5.74, 6) is 0.558. The van der Waals surface area contributed by atoms with E-state index >= 15 is 0 Å². The molecule has 5 nitrogen and oxygen atoms in total. The zero-order valence-corrected chi connectivity index (χ0v) is 13.2. The van der Waals surface area contributed by atoms with Gasteiger partial charge in [-0.2, -0.15) is 0 Å². The van der Waals surface area contributed by atoms with Crippen LogP contribution in [-0.4, -0.2) is 38.4 Å². The van der Waals surface area contributed by atoms with E-state index in [9.17, 15) is 4.79 Å². The second-order valence-corrected chi connectivity index (χ2v) is 6.53. The average Bonchev–Trinajstić information content (AvgIpc) is 3.17. The number of nitrogens with zero attached hydrogens (tertiary/aromatic N) is 4. The molecule has 1 amide bonds. The number of rotatable bonds is 3. The summed E-state index contributed by atoms with van der Waals surface area (Å²) in [5.41, 5.74) is 1.07. The van der Waals surface area contributed by atoms with Crippen LogP contribution < -0.4 is 0 Å². The van der Waals surface area contributed by atoms with Crippen molar-refractivity contribution in [3.8, 4) is 0 Å². The highest BCUT2D eigenvalue weighted by atomic mass is 32.1. The van der Waals surface area contributed by atoms with E-state index in [1.54, 1.807) is 23.9 Å². The number of likely N-dealkylation sites (tertiary alicyclic amines) is 1. The molecule has 2 aromatic rings. The van der Waals surface area contributed by atoms with Gasteiger partial charge in [-0.05, 0) is 26.7 Å². The zero-order chi connectivity index (χ0) is 14.8. The predicted molar refractivity (Wildman–Crippen MR) is 82.3 cm³/mol. The number of amides is 1. The van der Waals surface area contributed by atoms with Crippen LogP contribution in [0.15, 0.2) is 24.1 Å². The number of aromatic nitrogens is 3. The smallest absolute Gasteiger partial charge is 0.245 e. The van der Waals surface area contributed by atoms with Gasteiger partial charge in [0.05, 0.1) is 11.3 Å². The van der Waals surface area contributed by atoms with Crippen LogP contribution in [0.4, 0.5) is 0 Å². The van der Waals surface area contributed by atoms with E-state index in [-0.39, 0.29) is 11.9 Å². The van der Waals surface area contributed by atoms with E-state index in [1.807, 2.05) is 29.5 Å². The first-order chi connectivity index (χ1) is 10.1. The van der Waals surface area contributed by atoms with Crippen molar-refractivity contribution >= 4 is 17.2 Å². The molecule has 0 spiro atoms. The maximum atomic E-state index is 12.6. The molecule has 2 unspecified atom stereocenters. The number of hydrogen-bond donors (Lipinski definition) is 0. The Labute approximate surface area is 128 Å². The highest BCUT2D eigenvalue weighted by molar-refractivity contribution is 7.09. The van der Waals surface area contributed by atoms with E-state index in [4.69, 9.17) is 0 Å². The quantitative estimate of drug-likeness (QED) is 0.876. The lowest BCUT2D eigenvalue weighted by molar-refractivity contribution is -0.135. The highest BCUT2D eigenvalue weighted by Gasteiger charge is 2.29. The molecular formula is C15H20N4OS.